The molecule has 1 N–H and O–H groups in total. The van der Waals surface area contributed by atoms with Crippen molar-refractivity contribution in [3.8, 4) is 5.75 Å². The average molecular weight is 275 g/mol. The quantitative estimate of drug-likeness (QED) is 0.886. The first-order chi connectivity index (χ1) is 9.47. The van der Waals surface area contributed by atoms with Crippen molar-refractivity contribution < 1.29 is 9.15 Å². The van der Waals surface area contributed by atoms with Crippen molar-refractivity contribution in [1.82, 2.24) is 5.32 Å². The Balaban J connectivity index is 2.54. The van der Waals surface area contributed by atoms with Gasteiger partial charge in [-0.25, -0.2) is 0 Å². The second-order valence-corrected chi connectivity index (χ2v) is 6.19. The van der Waals surface area contributed by atoms with Gasteiger partial charge in [-0.3, -0.25) is 0 Å². The fourth-order valence-corrected chi connectivity index (χ4v) is 2.54. The zero-order valence-corrected chi connectivity index (χ0v) is 13.2. The maximum atomic E-state index is 6.01. The number of ether oxygens (including phenoxy) is 1. The van der Waals surface area contributed by atoms with Gasteiger partial charge < -0.3 is 14.5 Å². The van der Waals surface area contributed by atoms with Crippen molar-refractivity contribution in [1.29, 1.82) is 0 Å². The molecule has 0 atom stereocenters. The number of hydrogen-bond acceptors (Lipinski definition) is 3. The lowest BCUT2D eigenvalue weighted by Gasteiger charge is -2.19. The first kappa shape index (κ1) is 14.9. The molecule has 2 aromatic rings. The Labute approximate surface area is 121 Å². The third-order valence-electron chi connectivity index (χ3n) is 3.29. The van der Waals surface area contributed by atoms with Crippen LogP contribution in [0.4, 0.5) is 0 Å². The van der Waals surface area contributed by atoms with Crippen molar-refractivity contribution in [3.63, 3.8) is 0 Å². The maximum Gasteiger partial charge on any atom is 0.134 e. The van der Waals surface area contributed by atoms with Gasteiger partial charge in [0.1, 0.15) is 17.1 Å². The molecule has 0 fully saturated rings. The van der Waals surface area contributed by atoms with Crippen molar-refractivity contribution in [3.05, 3.63) is 29.5 Å². The second-order valence-electron chi connectivity index (χ2n) is 6.19. The molecule has 0 amide bonds. The summed E-state index contributed by atoms with van der Waals surface area (Å²) in [6, 6.07) is 6.10. The Bertz CT molecular complexity index is 578. The number of hydrogen-bond donors (Lipinski definition) is 1. The van der Waals surface area contributed by atoms with Gasteiger partial charge in [-0.15, -0.1) is 0 Å². The van der Waals surface area contributed by atoms with Gasteiger partial charge in [-0.1, -0.05) is 27.7 Å². The number of rotatable bonds is 5. The van der Waals surface area contributed by atoms with Gasteiger partial charge in [-0.05, 0) is 37.1 Å². The van der Waals surface area contributed by atoms with Gasteiger partial charge >= 0.3 is 0 Å². The predicted molar refractivity (Wildman–Crippen MR) is 83.5 cm³/mol. The van der Waals surface area contributed by atoms with E-state index >= 15 is 0 Å². The van der Waals surface area contributed by atoms with E-state index in [0.29, 0.717) is 0 Å². The summed E-state index contributed by atoms with van der Waals surface area (Å²) in [5.74, 6) is 1.93. The van der Waals surface area contributed by atoms with Gasteiger partial charge in [0.05, 0.1) is 13.2 Å². The molecule has 0 saturated heterocycles. The summed E-state index contributed by atoms with van der Waals surface area (Å²) in [5.41, 5.74) is 2.24. The van der Waals surface area contributed by atoms with Gasteiger partial charge in [-0.2, -0.15) is 0 Å². The molecule has 0 saturated carbocycles. The zero-order valence-electron chi connectivity index (χ0n) is 13.2. The number of furan rings is 1. The number of fused-ring (bicyclic) bond motifs is 1. The first-order valence-corrected chi connectivity index (χ1v) is 7.30. The highest BCUT2D eigenvalue weighted by Gasteiger charge is 2.25. The third-order valence-corrected chi connectivity index (χ3v) is 3.29. The Kier molecular flexibility index (Phi) is 4.39. The van der Waals surface area contributed by atoms with Gasteiger partial charge in [0, 0.05) is 10.9 Å². The lowest BCUT2D eigenvalue weighted by Crippen LogP contribution is -2.16. The van der Waals surface area contributed by atoms with E-state index in [-0.39, 0.29) is 5.41 Å². The Morgan fingerprint density at radius 3 is 2.60 bits per heavy atom. The van der Waals surface area contributed by atoms with Crippen LogP contribution in [-0.2, 0) is 12.0 Å². The average Bonchev–Trinajstić information content (AvgIpc) is 2.73. The molecule has 1 heterocycles. The van der Waals surface area contributed by atoms with E-state index in [1.54, 1.807) is 0 Å². The monoisotopic (exact) mass is 275 g/mol. The summed E-state index contributed by atoms with van der Waals surface area (Å²) in [5, 5.41) is 4.34. The van der Waals surface area contributed by atoms with E-state index in [0.717, 1.165) is 42.1 Å². The first-order valence-electron chi connectivity index (χ1n) is 7.30. The molecular formula is C17H25NO2. The summed E-state index contributed by atoms with van der Waals surface area (Å²) >= 11 is 0. The summed E-state index contributed by atoms with van der Waals surface area (Å²) < 4.78 is 11.8. The van der Waals surface area contributed by atoms with Crippen LogP contribution in [0.2, 0.25) is 0 Å². The second kappa shape index (κ2) is 5.88. The molecule has 110 valence electrons. The van der Waals surface area contributed by atoms with Crippen LogP contribution in [0.3, 0.4) is 0 Å². The zero-order chi connectivity index (χ0) is 14.8. The van der Waals surface area contributed by atoms with E-state index in [9.17, 15) is 0 Å². The summed E-state index contributed by atoms with van der Waals surface area (Å²) in [7, 11) is 1.94. The van der Waals surface area contributed by atoms with Crippen LogP contribution in [0.15, 0.2) is 22.6 Å². The van der Waals surface area contributed by atoms with Crippen molar-refractivity contribution in [2.45, 2.75) is 46.1 Å². The van der Waals surface area contributed by atoms with Crippen LogP contribution in [-0.4, -0.2) is 13.7 Å². The normalized spacial score (nSPS) is 12.1. The minimum atomic E-state index is 0.0425. The maximum absolute atomic E-state index is 6.01. The van der Waals surface area contributed by atoms with Gasteiger partial charge in [0.25, 0.3) is 0 Å². The molecule has 0 unspecified atom stereocenters. The van der Waals surface area contributed by atoms with E-state index in [1.165, 1.54) is 5.56 Å². The minimum absolute atomic E-state index is 0.0425. The Morgan fingerprint density at radius 1 is 1.25 bits per heavy atom. The van der Waals surface area contributed by atoms with Crippen molar-refractivity contribution in [2.24, 2.45) is 0 Å². The molecule has 0 radical (unpaired) electrons. The van der Waals surface area contributed by atoms with Crippen LogP contribution in [0.1, 0.15) is 45.4 Å². The molecule has 3 nitrogen and oxygen atoms in total. The SMILES string of the molecule is CCCOc1ccc2oc(CNC)c(C(C)(C)C)c2c1. The Hall–Kier alpha value is -1.48. The van der Waals surface area contributed by atoms with E-state index in [4.69, 9.17) is 9.15 Å². The molecule has 3 heteroatoms. The van der Waals surface area contributed by atoms with Crippen molar-refractivity contribution >= 4 is 11.0 Å². The van der Waals surface area contributed by atoms with Crippen LogP contribution >= 0.6 is 0 Å². The van der Waals surface area contributed by atoms with E-state index in [2.05, 4.69) is 39.1 Å². The van der Waals surface area contributed by atoms with E-state index in [1.807, 2.05) is 19.2 Å². The highest BCUT2D eigenvalue weighted by molar-refractivity contribution is 5.85. The van der Waals surface area contributed by atoms with E-state index < -0.39 is 0 Å². The summed E-state index contributed by atoms with van der Waals surface area (Å²) in [4.78, 5) is 0. The molecule has 1 aromatic heterocycles. The lowest BCUT2D eigenvalue weighted by atomic mass is 9.84. The molecule has 0 bridgehead atoms. The van der Waals surface area contributed by atoms with Gasteiger partial charge in [0.15, 0.2) is 0 Å². The predicted octanol–water partition coefficient (Wildman–Crippen LogP) is 4.24. The molecule has 0 aliphatic carbocycles. The number of benzene rings is 1. The highest BCUT2D eigenvalue weighted by atomic mass is 16.5. The van der Waals surface area contributed by atoms with Crippen LogP contribution in [0.25, 0.3) is 11.0 Å². The largest absolute Gasteiger partial charge is 0.494 e. The summed E-state index contributed by atoms with van der Waals surface area (Å²) in [6.45, 7) is 10.3. The summed E-state index contributed by atoms with van der Waals surface area (Å²) in [6.07, 6.45) is 1.01. The van der Waals surface area contributed by atoms with Crippen LogP contribution in [0, 0.1) is 0 Å². The fourth-order valence-electron chi connectivity index (χ4n) is 2.54. The molecular weight excluding hydrogens is 250 g/mol. The topological polar surface area (TPSA) is 34.4 Å². The molecule has 0 aliphatic heterocycles. The molecule has 20 heavy (non-hydrogen) atoms. The van der Waals surface area contributed by atoms with Crippen LogP contribution < -0.4 is 10.1 Å². The standard InChI is InChI=1S/C17H25NO2/c1-6-9-19-12-7-8-14-13(10-12)16(17(2,3)4)15(20-14)11-18-5/h7-8,10,18H,6,9,11H2,1-5H3. The number of nitrogens with one attached hydrogen (secondary N) is 1. The molecule has 0 spiro atoms. The lowest BCUT2D eigenvalue weighted by molar-refractivity contribution is 0.318. The van der Waals surface area contributed by atoms with Crippen molar-refractivity contribution in [2.75, 3.05) is 13.7 Å². The molecule has 1 aromatic carbocycles. The minimum Gasteiger partial charge on any atom is -0.494 e. The fraction of sp³-hybridized carbons (Fsp3) is 0.529. The molecule has 0 aliphatic rings. The molecule has 2 rings (SSSR count). The van der Waals surface area contributed by atoms with Crippen LogP contribution in [0.5, 0.6) is 5.75 Å². The Morgan fingerprint density at radius 2 is 2.00 bits per heavy atom. The highest BCUT2D eigenvalue weighted by Crippen LogP contribution is 2.37. The third kappa shape index (κ3) is 2.98. The van der Waals surface area contributed by atoms with Gasteiger partial charge in [0.2, 0.25) is 0 Å². The smallest absolute Gasteiger partial charge is 0.134 e.